The molecule has 0 radical (unpaired) electrons. The highest BCUT2D eigenvalue weighted by atomic mass is 16.5. The minimum atomic E-state index is -0.899. The second kappa shape index (κ2) is 6.43. The average molecular weight is 284 g/mol. The van der Waals surface area contributed by atoms with Crippen molar-refractivity contribution in [3.8, 4) is 0 Å². The van der Waals surface area contributed by atoms with Crippen molar-refractivity contribution >= 4 is 12.0 Å². The van der Waals surface area contributed by atoms with Gasteiger partial charge in [-0.2, -0.15) is 0 Å². The molecule has 1 aliphatic carbocycles. The fourth-order valence-electron chi connectivity index (χ4n) is 2.68. The molecule has 0 aromatic heterocycles. The zero-order chi connectivity index (χ0) is 14.7. The summed E-state index contributed by atoms with van der Waals surface area (Å²) in [6, 6.07) is -0.583. The summed E-state index contributed by atoms with van der Waals surface area (Å²) in [5.41, 5.74) is 0. The van der Waals surface area contributed by atoms with E-state index in [1.165, 1.54) is 12.8 Å². The number of hydrogen-bond donors (Lipinski definition) is 3. The Balaban J connectivity index is 1.82. The standard InChI is InChI=1S/C14H24N2O4/c1-8(2)11(7-12(17)18)16-14(19)15-10-5-6-20-13(10)9-3-4-9/h8-11,13H,3-7H2,1-2H3,(H,17,18)(H2,15,16,19). The Morgan fingerprint density at radius 1 is 1.30 bits per heavy atom. The molecule has 3 N–H and O–H groups in total. The Morgan fingerprint density at radius 2 is 2.00 bits per heavy atom. The van der Waals surface area contributed by atoms with Gasteiger partial charge >= 0.3 is 12.0 Å². The van der Waals surface area contributed by atoms with E-state index in [4.69, 9.17) is 9.84 Å². The van der Waals surface area contributed by atoms with Crippen molar-refractivity contribution in [2.24, 2.45) is 11.8 Å². The minimum absolute atomic E-state index is 0.0557. The van der Waals surface area contributed by atoms with Crippen LogP contribution in [0.4, 0.5) is 4.79 Å². The summed E-state index contributed by atoms with van der Waals surface area (Å²) in [5, 5.41) is 14.6. The van der Waals surface area contributed by atoms with Crippen molar-refractivity contribution < 1.29 is 19.4 Å². The monoisotopic (exact) mass is 284 g/mol. The predicted molar refractivity (Wildman–Crippen MR) is 73.4 cm³/mol. The Kier molecular flexibility index (Phi) is 4.86. The number of rotatable bonds is 6. The van der Waals surface area contributed by atoms with E-state index < -0.39 is 5.97 Å². The summed E-state index contributed by atoms with van der Waals surface area (Å²) in [6.07, 6.45) is 3.27. The van der Waals surface area contributed by atoms with E-state index in [0.717, 1.165) is 6.42 Å². The van der Waals surface area contributed by atoms with E-state index in [9.17, 15) is 9.59 Å². The Morgan fingerprint density at radius 3 is 2.55 bits per heavy atom. The summed E-state index contributed by atoms with van der Waals surface area (Å²) >= 11 is 0. The fourth-order valence-corrected chi connectivity index (χ4v) is 2.68. The number of carboxylic acids is 1. The van der Waals surface area contributed by atoms with Gasteiger partial charge in [0.25, 0.3) is 0 Å². The molecule has 2 rings (SSSR count). The summed E-state index contributed by atoms with van der Waals surface area (Å²) in [7, 11) is 0. The Labute approximate surface area is 119 Å². The van der Waals surface area contributed by atoms with Crippen LogP contribution in [0, 0.1) is 11.8 Å². The average Bonchev–Trinajstić information content (AvgIpc) is 3.09. The molecule has 1 aliphatic heterocycles. The summed E-state index contributed by atoms with van der Waals surface area (Å²) < 4.78 is 5.67. The number of amides is 2. The van der Waals surface area contributed by atoms with E-state index in [0.29, 0.717) is 12.5 Å². The first-order valence-electron chi connectivity index (χ1n) is 7.37. The molecule has 0 aromatic rings. The topological polar surface area (TPSA) is 87.7 Å². The quantitative estimate of drug-likeness (QED) is 0.687. The minimum Gasteiger partial charge on any atom is -0.481 e. The molecule has 3 atom stereocenters. The van der Waals surface area contributed by atoms with Gasteiger partial charge in [-0.3, -0.25) is 4.79 Å². The van der Waals surface area contributed by atoms with Crippen molar-refractivity contribution in [3.05, 3.63) is 0 Å². The lowest BCUT2D eigenvalue weighted by Gasteiger charge is -2.24. The van der Waals surface area contributed by atoms with E-state index in [1.807, 2.05) is 13.8 Å². The summed E-state index contributed by atoms with van der Waals surface area (Å²) in [6.45, 7) is 4.49. The highest BCUT2D eigenvalue weighted by Crippen LogP contribution is 2.38. The molecular weight excluding hydrogens is 260 g/mol. The van der Waals surface area contributed by atoms with Crippen LogP contribution in [-0.2, 0) is 9.53 Å². The van der Waals surface area contributed by atoms with Crippen LogP contribution >= 0.6 is 0 Å². The highest BCUT2D eigenvalue weighted by molar-refractivity contribution is 5.76. The number of carbonyl (C=O) groups is 2. The SMILES string of the molecule is CC(C)C(CC(=O)O)NC(=O)NC1CCOC1C1CC1. The van der Waals surface area contributed by atoms with Gasteiger partial charge in [0.15, 0.2) is 0 Å². The van der Waals surface area contributed by atoms with Crippen LogP contribution in [0.25, 0.3) is 0 Å². The van der Waals surface area contributed by atoms with Crippen LogP contribution < -0.4 is 10.6 Å². The highest BCUT2D eigenvalue weighted by Gasteiger charge is 2.41. The number of hydrogen-bond acceptors (Lipinski definition) is 3. The lowest BCUT2D eigenvalue weighted by atomic mass is 10.0. The van der Waals surface area contributed by atoms with Crippen LogP contribution in [0.2, 0.25) is 0 Å². The summed E-state index contributed by atoms with van der Waals surface area (Å²) in [5.74, 6) is -0.234. The third kappa shape index (κ3) is 4.10. The van der Waals surface area contributed by atoms with Crippen molar-refractivity contribution in [1.29, 1.82) is 0 Å². The van der Waals surface area contributed by atoms with E-state index in [2.05, 4.69) is 10.6 Å². The Bertz CT molecular complexity index is 368. The maximum atomic E-state index is 12.0. The molecule has 6 heteroatoms. The predicted octanol–water partition coefficient (Wildman–Crippen LogP) is 1.35. The number of urea groups is 1. The molecule has 2 fully saturated rings. The van der Waals surface area contributed by atoms with Crippen molar-refractivity contribution in [1.82, 2.24) is 10.6 Å². The van der Waals surface area contributed by atoms with Crippen molar-refractivity contribution in [3.63, 3.8) is 0 Å². The number of carboxylic acid groups (broad SMARTS) is 1. The molecule has 2 amide bonds. The van der Waals surface area contributed by atoms with Crippen molar-refractivity contribution in [2.75, 3.05) is 6.61 Å². The van der Waals surface area contributed by atoms with Gasteiger partial charge in [-0.1, -0.05) is 13.8 Å². The van der Waals surface area contributed by atoms with E-state index >= 15 is 0 Å². The maximum absolute atomic E-state index is 12.0. The second-order valence-corrected chi connectivity index (χ2v) is 6.13. The van der Waals surface area contributed by atoms with Gasteiger partial charge in [0.2, 0.25) is 0 Å². The molecule has 0 bridgehead atoms. The van der Waals surface area contributed by atoms with Gasteiger partial charge in [0, 0.05) is 12.6 Å². The van der Waals surface area contributed by atoms with Crippen LogP contribution in [0.1, 0.15) is 39.5 Å². The van der Waals surface area contributed by atoms with Gasteiger partial charge in [-0.05, 0) is 31.1 Å². The zero-order valence-corrected chi connectivity index (χ0v) is 12.1. The van der Waals surface area contributed by atoms with Gasteiger partial charge in [0.1, 0.15) is 0 Å². The van der Waals surface area contributed by atoms with Crippen LogP contribution in [0.15, 0.2) is 0 Å². The van der Waals surface area contributed by atoms with Crippen molar-refractivity contribution in [2.45, 2.75) is 57.7 Å². The van der Waals surface area contributed by atoms with Gasteiger partial charge in [-0.25, -0.2) is 4.79 Å². The molecule has 1 saturated carbocycles. The third-order valence-electron chi connectivity index (χ3n) is 4.05. The lowest BCUT2D eigenvalue weighted by Crippen LogP contribution is -2.50. The van der Waals surface area contributed by atoms with Gasteiger partial charge < -0.3 is 20.5 Å². The normalized spacial score (nSPS) is 27.4. The number of aliphatic carboxylic acids is 1. The molecule has 1 saturated heterocycles. The molecule has 114 valence electrons. The fraction of sp³-hybridized carbons (Fsp3) is 0.857. The number of carbonyl (C=O) groups excluding carboxylic acids is 1. The first kappa shape index (κ1) is 15.1. The first-order chi connectivity index (χ1) is 9.47. The van der Waals surface area contributed by atoms with Crippen LogP contribution in [-0.4, -0.2) is 41.9 Å². The van der Waals surface area contributed by atoms with E-state index in [1.54, 1.807) is 0 Å². The molecule has 1 heterocycles. The molecule has 20 heavy (non-hydrogen) atoms. The molecule has 6 nitrogen and oxygen atoms in total. The third-order valence-corrected chi connectivity index (χ3v) is 4.05. The molecule has 0 aromatic carbocycles. The van der Waals surface area contributed by atoms with E-state index in [-0.39, 0.29) is 36.6 Å². The molecule has 3 unspecified atom stereocenters. The Hall–Kier alpha value is -1.30. The molecule has 2 aliphatic rings. The van der Waals surface area contributed by atoms with Crippen LogP contribution in [0.5, 0.6) is 0 Å². The number of ether oxygens (including phenoxy) is 1. The smallest absolute Gasteiger partial charge is 0.315 e. The first-order valence-corrected chi connectivity index (χ1v) is 7.37. The molecular formula is C14H24N2O4. The van der Waals surface area contributed by atoms with Gasteiger partial charge in [-0.15, -0.1) is 0 Å². The number of nitrogens with one attached hydrogen (secondary N) is 2. The lowest BCUT2D eigenvalue weighted by molar-refractivity contribution is -0.137. The van der Waals surface area contributed by atoms with Gasteiger partial charge in [0.05, 0.1) is 18.6 Å². The molecule has 0 spiro atoms. The zero-order valence-electron chi connectivity index (χ0n) is 12.1. The second-order valence-electron chi connectivity index (χ2n) is 6.13. The summed E-state index contributed by atoms with van der Waals surface area (Å²) in [4.78, 5) is 22.8. The maximum Gasteiger partial charge on any atom is 0.315 e. The van der Waals surface area contributed by atoms with Crippen LogP contribution in [0.3, 0.4) is 0 Å². The largest absolute Gasteiger partial charge is 0.481 e.